The molecule has 0 saturated heterocycles. The predicted octanol–water partition coefficient (Wildman–Crippen LogP) is 4.08. The third kappa shape index (κ3) is 4.47. The van der Waals surface area contributed by atoms with Gasteiger partial charge in [0.25, 0.3) is 0 Å². The maximum absolute atomic E-state index is 10.9. The smallest absolute Gasteiger partial charge is 0.306 e. The fourth-order valence-corrected chi connectivity index (χ4v) is 3.51. The first-order valence-corrected chi connectivity index (χ1v) is 8.11. The van der Waals surface area contributed by atoms with Crippen LogP contribution in [0, 0.1) is 11.8 Å². The van der Waals surface area contributed by atoms with Crippen molar-refractivity contribution in [2.45, 2.75) is 32.2 Å². The molecule has 0 unspecified atom stereocenters. The van der Waals surface area contributed by atoms with E-state index in [1.54, 1.807) is 0 Å². The number of carboxylic acid groups (broad SMARTS) is 1. The van der Waals surface area contributed by atoms with Crippen molar-refractivity contribution in [1.29, 1.82) is 0 Å². The van der Waals surface area contributed by atoms with E-state index in [4.69, 9.17) is 16.7 Å². The fraction of sp³-hybridized carbons (Fsp3) is 0.533. The zero-order chi connectivity index (χ0) is 14.5. The monoisotopic (exact) mass is 359 g/mol. The lowest BCUT2D eigenvalue weighted by atomic mass is 9.82. The van der Waals surface area contributed by atoms with Crippen molar-refractivity contribution in [1.82, 2.24) is 5.32 Å². The molecule has 0 aromatic heterocycles. The molecule has 5 heteroatoms. The number of hydrogen-bond donors (Lipinski definition) is 2. The lowest BCUT2D eigenvalue weighted by molar-refractivity contribution is -0.143. The van der Waals surface area contributed by atoms with Crippen LogP contribution in [-0.4, -0.2) is 17.6 Å². The van der Waals surface area contributed by atoms with E-state index in [1.807, 2.05) is 18.2 Å². The molecule has 1 aromatic carbocycles. The van der Waals surface area contributed by atoms with Crippen LogP contribution in [0.25, 0.3) is 0 Å². The van der Waals surface area contributed by atoms with Crippen molar-refractivity contribution >= 4 is 33.5 Å². The summed E-state index contributed by atoms with van der Waals surface area (Å²) in [7, 11) is 0. The second-order valence-corrected chi connectivity index (χ2v) is 6.71. The highest BCUT2D eigenvalue weighted by molar-refractivity contribution is 9.10. The fourth-order valence-electron chi connectivity index (χ4n) is 2.69. The van der Waals surface area contributed by atoms with Crippen molar-refractivity contribution in [3.63, 3.8) is 0 Å². The molecule has 0 heterocycles. The molecule has 2 rings (SSSR count). The van der Waals surface area contributed by atoms with Gasteiger partial charge in [0.2, 0.25) is 0 Å². The van der Waals surface area contributed by atoms with Gasteiger partial charge in [-0.1, -0.05) is 33.6 Å². The van der Waals surface area contributed by atoms with Gasteiger partial charge in [0.1, 0.15) is 0 Å². The maximum atomic E-state index is 10.9. The Kier molecular flexibility index (Phi) is 5.87. The van der Waals surface area contributed by atoms with Gasteiger partial charge in [0, 0.05) is 16.0 Å². The first kappa shape index (κ1) is 15.8. The van der Waals surface area contributed by atoms with Crippen LogP contribution in [0.1, 0.15) is 31.2 Å². The van der Waals surface area contributed by atoms with Crippen LogP contribution in [0.15, 0.2) is 22.7 Å². The number of nitrogens with one attached hydrogen (secondary N) is 1. The van der Waals surface area contributed by atoms with Crippen molar-refractivity contribution in [2.24, 2.45) is 11.8 Å². The van der Waals surface area contributed by atoms with E-state index in [-0.39, 0.29) is 5.92 Å². The molecule has 110 valence electrons. The highest BCUT2D eigenvalue weighted by atomic mass is 79.9. The molecule has 1 aliphatic carbocycles. The van der Waals surface area contributed by atoms with Gasteiger partial charge in [-0.15, -0.1) is 0 Å². The molecule has 20 heavy (non-hydrogen) atoms. The second kappa shape index (κ2) is 7.43. The maximum Gasteiger partial charge on any atom is 0.306 e. The number of benzene rings is 1. The normalized spacial score (nSPS) is 22.7. The third-order valence-corrected chi connectivity index (χ3v) is 4.93. The van der Waals surface area contributed by atoms with E-state index in [0.717, 1.165) is 48.3 Å². The van der Waals surface area contributed by atoms with Crippen LogP contribution >= 0.6 is 27.5 Å². The number of carboxylic acids is 1. The SMILES string of the molecule is O=C(O)C1CCC(CNCc2ccc(Cl)cc2Br)CC1. The highest BCUT2D eigenvalue weighted by Crippen LogP contribution is 2.28. The van der Waals surface area contributed by atoms with Crippen LogP contribution in [-0.2, 0) is 11.3 Å². The molecule has 0 aliphatic heterocycles. The standard InChI is InChI=1S/C15H19BrClNO2/c16-14-7-13(17)6-5-12(14)9-18-8-10-1-3-11(4-2-10)15(19)20/h5-7,10-11,18H,1-4,8-9H2,(H,19,20). The van der Waals surface area contributed by atoms with E-state index in [1.165, 1.54) is 5.56 Å². The van der Waals surface area contributed by atoms with Crippen LogP contribution in [0.5, 0.6) is 0 Å². The summed E-state index contributed by atoms with van der Waals surface area (Å²) in [5, 5.41) is 13.2. The molecule has 0 atom stereocenters. The molecule has 1 aliphatic rings. The van der Waals surface area contributed by atoms with E-state index in [2.05, 4.69) is 21.2 Å². The summed E-state index contributed by atoms with van der Waals surface area (Å²) >= 11 is 9.42. The van der Waals surface area contributed by atoms with Crippen molar-refractivity contribution in [3.8, 4) is 0 Å². The lowest BCUT2D eigenvalue weighted by Gasteiger charge is -2.26. The van der Waals surface area contributed by atoms with Gasteiger partial charge in [-0.2, -0.15) is 0 Å². The Hall–Kier alpha value is -0.580. The van der Waals surface area contributed by atoms with E-state index >= 15 is 0 Å². The first-order valence-electron chi connectivity index (χ1n) is 6.93. The number of carbonyl (C=O) groups is 1. The van der Waals surface area contributed by atoms with Gasteiger partial charge in [0.05, 0.1) is 5.92 Å². The van der Waals surface area contributed by atoms with Crippen molar-refractivity contribution in [3.05, 3.63) is 33.3 Å². The topological polar surface area (TPSA) is 49.3 Å². The molecule has 2 N–H and O–H groups in total. The first-order chi connectivity index (χ1) is 9.56. The van der Waals surface area contributed by atoms with Gasteiger partial charge in [-0.05, 0) is 55.8 Å². The third-order valence-electron chi connectivity index (χ3n) is 3.96. The van der Waals surface area contributed by atoms with Gasteiger partial charge in [-0.3, -0.25) is 4.79 Å². The minimum Gasteiger partial charge on any atom is -0.481 e. The van der Waals surface area contributed by atoms with E-state index in [0.29, 0.717) is 5.92 Å². The molecule has 0 spiro atoms. The Morgan fingerprint density at radius 1 is 1.35 bits per heavy atom. The van der Waals surface area contributed by atoms with Gasteiger partial charge < -0.3 is 10.4 Å². The number of rotatable bonds is 5. The Bertz CT molecular complexity index is 473. The van der Waals surface area contributed by atoms with Gasteiger partial charge in [-0.25, -0.2) is 0 Å². The molecule has 0 radical (unpaired) electrons. The van der Waals surface area contributed by atoms with Gasteiger partial charge >= 0.3 is 5.97 Å². The lowest BCUT2D eigenvalue weighted by Crippen LogP contribution is -2.28. The molecule has 1 fully saturated rings. The molecule has 3 nitrogen and oxygen atoms in total. The summed E-state index contributed by atoms with van der Waals surface area (Å²) in [6, 6.07) is 5.80. The quantitative estimate of drug-likeness (QED) is 0.831. The van der Waals surface area contributed by atoms with E-state index in [9.17, 15) is 4.79 Å². The largest absolute Gasteiger partial charge is 0.481 e. The van der Waals surface area contributed by atoms with Crippen LogP contribution in [0.2, 0.25) is 5.02 Å². The highest BCUT2D eigenvalue weighted by Gasteiger charge is 2.25. The second-order valence-electron chi connectivity index (χ2n) is 5.42. The van der Waals surface area contributed by atoms with E-state index < -0.39 is 5.97 Å². The minimum absolute atomic E-state index is 0.128. The van der Waals surface area contributed by atoms with Crippen molar-refractivity contribution in [2.75, 3.05) is 6.54 Å². The Morgan fingerprint density at radius 3 is 2.65 bits per heavy atom. The zero-order valence-corrected chi connectivity index (χ0v) is 13.6. The molecular formula is C15H19BrClNO2. The number of hydrogen-bond acceptors (Lipinski definition) is 2. The molecular weight excluding hydrogens is 342 g/mol. The van der Waals surface area contributed by atoms with Gasteiger partial charge in [0.15, 0.2) is 0 Å². The Balaban J connectivity index is 1.73. The number of halogens is 2. The predicted molar refractivity (Wildman–Crippen MR) is 83.9 cm³/mol. The summed E-state index contributed by atoms with van der Waals surface area (Å²) in [6.45, 7) is 1.75. The summed E-state index contributed by atoms with van der Waals surface area (Å²) in [5.74, 6) is -0.171. The van der Waals surface area contributed by atoms with Crippen LogP contribution in [0.3, 0.4) is 0 Å². The summed E-state index contributed by atoms with van der Waals surface area (Å²) < 4.78 is 1.02. The number of aliphatic carboxylic acids is 1. The molecule has 0 amide bonds. The average molecular weight is 361 g/mol. The Morgan fingerprint density at radius 2 is 2.05 bits per heavy atom. The minimum atomic E-state index is -0.637. The summed E-state index contributed by atoms with van der Waals surface area (Å²) in [6.07, 6.45) is 3.64. The van der Waals surface area contributed by atoms with Crippen molar-refractivity contribution < 1.29 is 9.90 Å². The zero-order valence-electron chi connectivity index (χ0n) is 11.2. The summed E-state index contributed by atoms with van der Waals surface area (Å²) in [4.78, 5) is 10.9. The molecule has 1 aromatic rings. The Labute approximate surface area is 132 Å². The van der Waals surface area contributed by atoms with Crippen LogP contribution < -0.4 is 5.32 Å². The molecule has 0 bridgehead atoms. The summed E-state index contributed by atoms with van der Waals surface area (Å²) in [5.41, 5.74) is 1.19. The average Bonchev–Trinajstić information content (AvgIpc) is 2.42. The van der Waals surface area contributed by atoms with Crippen LogP contribution in [0.4, 0.5) is 0 Å². The molecule has 1 saturated carbocycles.